The Morgan fingerprint density at radius 1 is 1.09 bits per heavy atom. The second kappa shape index (κ2) is 10.4. The van der Waals surface area contributed by atoms with Crippen LogP contribution in [0.2, 0.25) is 10.0 Å². The summed E-state index contributed by atoms with van der Waals surface area (Å²) in [5.74, 6) is -0.416. The highest BCUT2D eigenvalue weighted by Crippen LogP contribution is 2.32. The molecule has 10 heteroatoms. The van der Waals surface area contributed by atoms with Crippen molar-refractivity contribution >= 4 is 55.6 Å². The lowest BCUT2D eigenvalue weighted by atomic mass is 10.2. The minimum Gasteiger partial charge on any atom is -0.298 e. The maximum atomic E-state index is 12.8. The summed E-state index contributed by atoms with van der Waals surface area (Å²) >= 11 is 13.5. The molecule has 0 aliphatic heterocycles. The fraction of sp³-hybridized carbons (Fsp3) is 0.0909. The third kappa shape index (κ3) is 5.46. The molecule has 3 aromatic rings. The van der Waals surface area contributed by atoms with Gasteiger partial charge in [-0.1, -0.05) is 35.4 Å². The van der Waals surface area contributed by atoms with Crippen LogP contribution in [0.25, 0.3) is 11.3 Å². The summed E-state index contributed by atoms with van der Waals surface area (Å²) in [5, 5.41) is 5.87. The van der Waals surface area contributed by atoms with E-state index >= 15 is 0 Å². The number of hydrogen-bond donors (Lipinski definition) is 1. The normalized spacial score (nSPS) is 11.3. The smallest absolute Gasteiger partial charge is 0.257 e. The first-order chi connectivity index (χ1) is 15.3. The number of halogens is 2. The standard InChI is InChI=1S/C22H19Cl2N3O3S2/c1-3-11-27(12-4-2)32(29,30)17-8-5-15(6-9-17)21(28)26-22-25-20(14-31-22)18-13-16(23)7-10-19(18)24/h3-10,13-14H,1-2,11-12H2,(H,25,26,28). The minimum atomic E-state index is -3.74. The molecule has 3 rings (SSSR count). The van der Waals surface area contributed by atoms with E-state index in [-0.39, 0.29) is 18.0 Å². The topological polar surface area (TPSA) is 79.4 Å². The number of carbonyl (C=O) groups is 1. The number of nitrogens with zero attached hydrogens (tertiary/aromatic N) is 2. The van der Waals surface area contributed by atoms with Gasteiger partial charge in [0.1, 0.15) is 0 Å². The number of thiazole rings is 1. The van der Waals surface area contributed by atoms with Gasteiger partial charge in [-0.05, 0) is 42.5 Å². The number of nitrogens with one attached hydrogen (secondary N) is 1. The lowest BCUT2D eigenvalue weighted by Gasteiger charge is -2.19. The zero-order valence-electron chi connectivity index (χ0n) is 16.8. The molecular weight excluding hydrogens is 489 g/mol. The first-order valence-electron chi connectivity index (χ1n) is 9.30. The first-order valence-corrected chi connectivity index (χ1v) is 12.4. The molecule has 0 saturated carbocycles. The van der Waals surface area contributed by atoms with Crippen molar-refractivity contribution in [2.75, 3.05) is 18.4 Å². The Labute approximate surface area is 200 Å². The van der Waals surface area contributed by atoms with Crippen molar-refractivity contribution in [2.24, 2.45) is 0 Å². The van der Waals surface area contributed by atoms with E-state index in [1.165, 1.54) is 52.1 Å². The summed E-state index contributed by atoms with van der Waals surface area (Å²) in [4.78, 5) is 17.1. The SMILES string of the molecule is C=CCN(CC=C)S(=O)(=O)c1ccc(C(=O)Nc2nc(-c3cc(Cl)ccc3Cl)cs2)cc1. The van der Waals surface area contributed by atoms with Gasteiger partial charge in [0.15, 0.2) is 5.13 Å². The number of aromatic nitrogens is 1. The summed E-state index contributed by atoms with van der Waals surface area (Å²) in [6.45, 7) is 7.47. The van der Waals surface area contributed by atoms with Gasteiger partial charge in [0.05, 0.1) is 15.6 Å². The average molecular weight is 508 g/mol. The predicted octanol–water partition coefficient (Wildman–Crippen LogP) is 5.73. The molecule has 0 radical (unpaired) electrons. The number of rotatable bonds is 9. The molecule has 0 saturated heterocycles. The van der Waals surface area contributed by atoms with Gasteiger partial charge in [-0.2, -0.15) is 4.31 Å². The Kier molecular flexibility index (Phi) is 7.86. The zero-order chi connectivity index (χ0) is 23.3. The summed E-state index contributed by atoms with van der Waals surface area (Å²) in [7, 11) is -3.74. The second-order valence-electron chi connectivity index (χ2n) is 6.54. The molecule has 32 heavy (non-hydrogen) atoms. The molecule has 1 heterocycles. The highest BCUT2D eigenvalue weighted by atomic mass is 35.5. The highest BCUT2D eigenvalue weighted by Gasteiger charge is 2.22. The van der Waals surface area contributed by atoms with Crippen LogP contribution in [0.4, 0.5) is 5.13 Å². The van der Waals surface area contributed by atoms with Gasteiger partial charge in [-0.25, -0.2) is 13.4 Å². The molecule has 1 amide bonds. The van der Waals surface area contributed by atoms with Crippen LogP contribution in [0.15, 0.2) is 78.1 Å². The maximum absolute atomic E-state index is 12.8. The average Bonchev–Trinajstić information content (AvgIpc) is 3.23. The van der Waals surface area contributed by atoms with Gasteiger partial charge in [0, 0.05) is 34.6 Å². The number of hydrogen-bond acceptors (Lipinski definition) is 5. The van der Waals surface area contributed by atoms with E-state index in [1.807, 2.05) is 0 Å². The Balaban J connectivity index is 1.76. The molecule has 2 aromatic carbocycles. The van der Waals surface area contributed by atoms with Crippen LogP contribution in [-0.2, 0) is 10.0 Å². The fourth-order valence-electron chi connectivity index (χ4n) is 2.80. The van der Waals surface area contributed by atoms with Crippen LogP contribution >= 0.6 is 34.5 Å². The third-order valence-corrected chi connectivity index (χ3v) is 7.52. The van der Waals surface area contributed by atoms with E-state index in [0.717, 1.165) is 0 Å². The van der Waals surface area contributed by atoms with E-state index < -0.39 is 15.9 Å². The van der Waals surface area contributed by atoms with Crippen molar-refractivity contribution in [3.05, 3.63) is 88.8 Å². The third-order valence-electron chi connectivity index (χ3n) is 4.35. The van der Waals surface area contributed by atoms with Crippen LogP contribution < -0.4 is 5.32 Å². The number of anilines is 1. The lowest BCUT2D eigenvalue weighted by Crippen LogP contribution is -2.31. The number of benzene rings is 2. The van der Waals surface area contributed by atoms with E-state index in [9.17, 15) is 13.2 Å². The molecule has 0 spiro atoms. The maximum Gasteiger partial charge on any atom is 0.257 e. The second-order valence-corrected chi connectivity index (χ2v) is 10.2. The van der Waals surface area contributed by atoms with E-state index in [4.69, 9.17) is 23.2 Å². The van der Waals surface area contributed by atoms with E-state index in [0.29, 0.717) is 32.0 Å². The largest absolute Gasteiger partial charge is 0.298 e. The molecule has 1 N–H and O–H groups in total. The monoisotopic (exact) mass is 507 g/mol. The summed E-state index contributed by atoms with van der Waals surface area (Å²) in [6, 6.07) is 10.7. The number of carbonyl (C=O) groups excluding carboxylic acids is 1. The quantitative estimate of drug-likeness (QED) is 0.375. The molecule has 0 aliphatic carbocycles. The van der Waals surface area contributed by atoms with Crippen molar-refractivity contribution < 1.29 is 13.2 Å². The predicted molar refractivity (Wildman–Crippen MR) is 131 cm³/mol. The van der Waals surface area contributed by atoms with Crippen molar-refractivity contribution in [1.29, 1.82) is 0 Å². The summed E-state index contributed by atoms with van der Waals surface area (Å²) < 4.78 is 26.8. The minimum absolute atomic E-state index is 0.0740. The molecule has 6 nitrogen and oxygen atoms in total. The Hall–Kier alpha value is -2.49. The fourth-order valence-corrected chi connectivity index (χ4v) is 5.28. The van der Waals surface area contributed by atoms with Gasteiger partial charge >= 0.3 is 0 Å². The van der Waals surface area contributed by atoms with Crippen molar-refractivity contribution in [1.82, 2.24) is 9.29 Å². The van der Waals surface area contributed by atoms with Gasteiger partial charge in [-0.3, -0.25) is 10.1 Å². The highest BCUT2D eigenvalue weighted by molar-refractivity contribution is 7.89. The Morgan fingerprint density at radius 3 is 2.38 bits per heavy atom. The molecule has 0 fully saturated rings. The van der Waals surface area contributed by atoms with Crippen molar-refractivity contribution in [3.8, 4) is 11.3 Å². The molecular formula is C22H19Cl2N3O3S2. The summed E-state index contributed by atoms with van der Waals surface area (Å²) in [6.07, 6.45) is 3.00. The van der Waals surface area contributed by atoms with E-state index in [1.54, 1.807) is 23.6 Å². The van der Waals surface area contributed by atoms with Crippen molar-refractivity contribution in [3.63, 3.8) is 0 Å². The molecule has 166 valence electrons. The van der Waals surface area contributed by atoms with Crippen LogP contribution in [0.1, 0.15) is 10.4 Å². The van der Waals surface area contributed by atoms with Crippen LogP contribution in [0, 0.1) is 0 Å². The van der Waals surface area contributed by atoms with Crippen LogP contribution in [-0.4, -0.2) is 36.7 Å². The van der Waals surface area contributed by atoms with Crippen LogP contribution in [0.3, 0.4) is 0 Å². The van der Waals surface area contributed by atoms with Gasteiger partial charge in [0.2, 0.25) is 10.0 Å². The van der Waals surface area contributed by atoms with Crippen LogP contribution in [0.5, 0.6) is 0 Å². The molecule has 0 aliphatic rings. The number of sulfonamides is 1. The molecule has 0 bridgehead atoms. The van der Waals surface area contributed by atoms with Gasteiger partial charge < -0.3 is 0 Å². The van der Waals surface area contributed by atoms with Gasteiger partial charge in [0.25, 0.3) is 5.91 Å². The Bertz CT molecular complexity index is 1250. The molecule has 0 atom stereocenters. The molecule has 0 unspecified atom stereocenters. The molecule has 1 aromatic heterocycles. The first kappa shape index (κ1) is 24.2. The zero-order valence-corrected chi connectivity index (χ0v) is 19.9. The number of amides is 1. The lowest BCUT2D eigenvalue weighted by molar-refractivity contribution is 0.102. The van der Waals surface area contributed by atoms with Crippen molar-refractivity contribution in [2.45, 2.75) is 4.90 Å². The summed E-state index contributed by atoms with van der Waals surface area (Å²) in [5.41, 5.74) is 1.54. The Morgan fingerprint density at radius 2 is 1.75 bits per heavy atom. The van der Waals surface area contributed by atoms with E-state index in [2.05, 4.69) is 23.5 Å². The van der Waals surface area contributed by atoms with Gasteiger partial charge in [-0.15, -0.1) is 24.5 Å².